The molecule has 0 atom stereocenters. The summed E-state index contributed by atoms with van der Waals surface area (Å²) in [5.41, 5.74) is 13.3. The van der Waals surface area contributed by atoms with Gasteiger partial charge in [-0.1, -0.05) is 115 Å². The molecule has 220 valence electrons. The van der Waals surface area contributed by atoms with Gasteiger partial charge in [-0.05, 0) is 101 Å². The Kier molecular flexibility index (Phi) is 7.16. The molecule has 0 bridgehead atoms. The van der Waals surface area contributed by atoms with E-state index < -0.39 is 0 Å². The quantitative estimate of drug-likeness (QED) is 0.179. The summed E-state index contributed by atoms with van der Waals surface area (Å²) in [7, 11) is 0. The number of fused-ring (bicyclic) bond motifs is 3. The highest BCUT2D eigenvalue weighted by atomic mass is 15.1. The zero-order valence-electron chi connectivity index (χ0n) is 25.8. The Balaban J connectivity index is 1.13. The minimum Gasteiger partial charge on any atom is -0.341 e. The Morgan fingerprint density at radius 2 is 0.826 bits per heavy atom. The predicted molar refractivity (Wildman–Crippen MR) is 196 cm³/mol. The zero-order valence-corrected chi connectivity index (χ0v) is 25.8. The van der Waals surface area contributed by atoms with Crippen LogP contribution in [-0.2, 0) is 6.54 Å². The first-order chi connectivity index (χ1) is 22.8. The van der Waals surface area contributed by atoms with Crippen molar-refractivity contribution in [3.8, 4) is 33.4 Å². The number of rotatable bonds is 7. The fraction of sp³-hybridized carbons (Fsp3) is 0.0455. The molecule has 0 fully saturated rings. The summed E-state index contributed by atoms with van der Waals surface area (Å²) in [5.74, 6) is 0. The number of hydrogen-bond donors (Lipinski definition) is 0. The van der Waals surface area contributed by atoms with E-state index in [1.54, 1.807) is 0 Å². The SMILES string of the molecule is CCn1c2ccccc2c2cc(-c3cccc(-c4ccc(N(c5ccccc5)c5ccc(-c6ccccc6)cc5)cc4)c3)ccc21. The summed E-state index contributed by atoms with van der Waals surface area (Å²) in [6.45, 7) is 3.17. The molecule has 0 spiro atoms. The van der Waals surface area contributed by atoms with Crippen LogP contribution in [0.3, 0.4) is 0 Å². The van der Waals surface area contributed by atoms with Crippen molar-refractivity contribution in [1.82, 2.24) is 4.57 Å². The Hall–Kier alpha value is -5.86. The summed E-state index contributed by atoms with van der Waals surface area (Å²) in [6.07, 6.45) is 0. The molecule has 2 heteroatoms. The van der Waals surface area contributed by atoms with Crippen LogP contribution < -0.4 is 4.90 Å². The van der Waals surface area contributed by atoms with Crippen LogP contribution in [0.4, 0.5) is 17.1 Å². The third-order valence-electron chi connectivity index (χ3n) is 8.99. The zero-order chi connectivity index (χ0) is 30.9. The van der Waals surface area contributed by atoms with Crippen LogP contribution in [0.1, 0.15) is 6.92 Å². The number of hydrogen-bond acceptors (Lipinski definition) is 1. The highest BCUT2D eigenvalue weighted by Gasteiger charge is 2.14. The second-order valence-electron chi connectivity index (χ2n) is 11.7. The van der Waals surface area contributed by atoms with E-state index in [4.69, 9.17) is 0 Å². The number of aryl methyl sites for hydroxylation is 1. The lowest BCUT2D eigenvalue weighted by molar-refractivity contribution is 0.827. The van der Waals surface area contributed by atoms with E-state index in [-0.39, 0.29) is 0 Å². The van der Waals surface area contributed by atoms with Gasteiger partial charge in [-0.25, -0.2) is 0 Å². The van der Waals surface area contributed by atoms with Crippen LogP contribution in [0, 0.1) is 0 Å². The fourth-order valence-corrected chi connectivity index (χ4v) is 6.71. The van der Waals surface area contributed by atoms with E-state index in [1.165, 1.54) is 55.2 Å². The molecule has 8 rings (SSSR count). The van der Waals surface area contributed by atoms with Crippen LogP contribution in [0.5, 0.6) is 0 Å². The van der Waals surface area contributed by atoms with Gasteiger partial charge in [0.25, 0.3) is 0 Å². The molecule has 0 radical (unpaired) electrons. The van der Waals surface area contributed by atoms with E-state index in [2.05, 4.69) is 192 Å². The first kappa shape index (κ1) is 27.7. The number of aromatic nitrogens is 1. The first-order valence-electron chi connectivity index (χ1n) is 16.0. The number of para-hydroxylation sites is 2. The molecule has 0 unspecified atom stereocenters. The highest BCUT2D eigenvalue weighted by Crippen LogP contribution is 2.38. The van der Waals surface area contributed by atoms with Gasteiger partial charge in [0.2, 0.25) is 0 Å². The third kappa shape index (κ3) is 5.04. The minimum atomic E-state index is 0.954. The van der Waals surface area contributed by atoms with Gasteiger partial charge in [0, 0.05) is 45.4 Å². The topological polar surface area (TPSA) is 8.17 Å². The third-order valence-corrected chi connectivity index (χ3v) is 8.99. The average Bonchev–Trinajstić information content (AvgIpc) is 3.46. The molecule has 0 aliphatic heterocycles. The van der Waals surface area contributed by atoms with Crippen molar-refractivity contribution in [2.75, 3.05) is 4.90 Å². The maximum absolute atomic E-state index is 2.41. The average molecular weight is 591 g/mol. The van der Waals surface area contributed by atoms with Gasteiger partial charge in [0.15, 0.2) is 0 Å². The summed E-state index contributed by atoms with van der Waals surface area (Å²) in [6, 6.07) is 63.4. The van der Waals surface area contributed by atoms with Crippen LogP contribution in [-0.4, -0.2) is 4.57 Å². The molecule has 0 amide bonds. The second-order valence-corrected chi connectivity index (χ2v) is 11.7. The van der Waals surface area contributed by atoms with E-state index in [0.717, 1.165) is 23.6 Å². The van der Waals surface area contributed by atoms with Crippen LogP contribution in [0.2, 0.25) is 0 Å². The lowest BCUT2D eigenvalue weighted by Gasteiger charge is -2.26. The lowest BCUT2D eigenvalue weighted by Crippen LogP contribution is -2.09. The molecular weight excluding hydrogens is 556 g/mol. The molecule has 0 aliphatic rings. The standard InChI is InChI=1S/C44H34N2/c1-2-45-43-19-10-9-18-41(43)42-31-37(24-29-44(42)45)36-15-11-14-35(30-36)34-22-27-40(28-23-34)46(38-16-7-4-8-17-38)39-25-20-33(21-26-39)32-12-5-3-6-13-32/h3-31H,2H2,1H3. The molecule has 46 heavy (non-hydrogen) atoms. The number of benzene rings is 7. The number of nitrogens with zero attached hydrogens (tertiary/aromatic N) is 2. The number of anilines is 3. The van der Waals surface area contributed by atoms with E-state index >= 15 is 0 Å². The van der Waals surface area contributed by atoms with Gasteiger partial charge in [-0.15, -0.1) is 0 Å². The largest absolute Gasteiger partial charge is 0.341 e. The van der Waals surface area contributed by atoms with Crippen molar-refractivity contribution in [2.24, 2.45) is 0 Å². The maximum Gasteiger partial charge on any atom is 0.0491 e. The lowest BCUT2D eigenvalue weighted by atomic mass is 9.97. The van der Waals surface area contributed by atoms with Crippen molar-refractivity contribution in [1.29, 1.82) is 0 Å². The monoisotopic (exact) mass is 590 g/mol. The molecule has 7 aromatic carbocycles. The Labute approximate surface area is 270 Å². The molecule has 2 nitrogen and oxygen atoms in total. The molecule has 0 saturated carbocycles. The normalized spacial score (nSPS) is 11.2. The van der Waals surface area contributed by atoms with Crippen LogP contribution >= 0.6 is 0 Å². The van der Waals surface area contributed by atoms with E-state index in [9.17, 15) is 0 Å². The van der Waals surface area contributed by atoms with Gasteiger partial charge in [0.05, 0.1) is 0 Å². The predicted octanol–water partition coefficient (Wildman–Crippen LogP) is 12.3. The molecule has 0 aliphatic carbocycles. The van der Waals surface area contributed by atoms with Gasteiger partial charge in [-0.3, -0.25) is 0 Å². The summed E-state index contributed by atoms with van der Waals surface area (Å²) in [4.78, 5) is 2.32. The molecule has 1 aromatic heterocycles. The molecule has 8 aromatic rings. The van der Waals surface area contributed by atoms with Crippen molar-refractivity contribution in [3.05, 3.63) is 176 Å². The van der Waals surface area contributed by atoms with Crippen molar-refractivity contribution < 1.29 is 0 Å². The summed E-state index contributed by atoms with van der Waals surface area (Å²) < 4.78 is 2.41. The molecular formula is C44H34N2. The van der Waals surface area contributed by atoms with E-state index in [1.807, 2.05) is 0 Å². The second kappa shape index (κ2) is 11.9. The summed E-state index contributed by atoms with van der Waals surface area (Å²) >= 11 is 0. The van der Waals surface area contributed by atoms with Crippen LogP contribution in [0.15, 0.2) is 176 Å². The van der Waals surface area contributed by atoms with Gasteiger partial charge in [-0.2, -0.15) is 0 Å². The highest BCUT2D eigenvalue weighted by molar-refractivity contribution is 6.09. The minimum absolute atomic E-state index is 0.954. The first-order valence-corrected chi connectivity index (χ1v) is 16.0. The maximum atomic E-state index is 2.41. The molecule has 0 saturated heterocycles. The van der Waals surface area contributed by atoms with E-state index in [0.29, 0.717) is 0 Å². The van der Waals surface area contributed by atoms with Gasteiger partial charge >= 0.3 is 0 Å². The molecule has 1 heterocycles. The Morgan fingerprint density at radius 3 is 1.50 bits per heavy atom. The van der Waals surface area contributed by atoms with Crippen molar-refractivity contribution in [2.45, 2.75) is 13.5 Å². The fourth-order valence-electron chi connectivity index (χ4n) is 6.71. The smallest absolute Gasteiger partial charge is 0.0491 e. The van der Waals surface area contributed by atoms with Gasteiger partial charge in [0.1, 0.15) is 0 Å². The van der Waals surface area contributed by atoms with Gasteiger partial charge < -0.3 is 9.47 Å². The summed E-state index contributed by atoms with van der Waals surface area (Å²) in [5, 5.41) is 2.62. The Bertz CT molecular complexity index is 2260. The molecule has 0 N–H and O–H groups in total. The Morgan fingerprint density at radius 1 is 0.370 bits per heavy atom. The van der Waals surface area contributed by atoms with Crippen LogP contribution in [0.25, 0.3) is 55.2 Å². The van der Waals surface area contributed by atoms with Crippen molar-refractivity contribution >= 4 is 38.9 Å². The van der Waals surface area contributed by atoms with Crippen molar-refractivity contribution in [3.63, 3.8) is 0 Å².